The number of ether oxygens (including phenoxy) is 1. The molecule has 1 aromatic heterocycles. The molecule has 114 valence electrons. The van der Waals surface area contributed by atoms with E-state index in [9.17, 15) is 0 Å². The lowest BCUT2D eigenvalue weighted by Gasteiger charge is -2.40. The van der Waals surface area contributed by atoms with Crippen molar-refractivity contribution in [1.82, 2.24) is 15.1 Å². The van der Waals surface area contributed by atoms with Gasteiger partial charge in [-0.2, -0.15) is 5.10 Å². The number of nitrogens with zero attached hydrogens (tertiary/aromatic N) is 2. The summed E-state index contributed by atoms with van der Waals surface area (Å²) in [6, 6.07) is 0.249. The molecule has 1 N–H and O–H groups in total. The highest BCUT2D eigenvalue weighted by atomic mass is 16.5. The lowest BCUT2D eigenvalue weighted by atomic mass is 9.83. The molecule has 1 saturated carbocycles. The van der Waals surface area contributed by atoms with Crippen LogP contribution >= 0.6 is 0 Å². The van der Waals surface area contributed by atoms with E-state index in [0.717, 1.165) is 26.0 Å². The molecule has 1 aliphatic carbocycles. The van der Waals surface area contributed by atoms with Crippen molar-refractivity contribution in [2.75, 3.05) is 13.2 Å². The quantitative estimate of drug-likeness (QED) is 0.813. The fraction of sp³-hybridized carbons (Fsp3) is 0.812. The number of hydrogen-bond acceptors (Lipinski definition) is 3. The van der Waals surface area contributed by atoms with Gasteiger partial charge in [-0.25, -0.2) is 0 Å². The van der Waals surface area contributed by atoms with E-state index in [1.54, 1.807) is 0 Å². The molecule has 0 bridgehead atoms. The third-order valence-corrected chi connectivity index (χ3v) is 4.37. The Kier molecular flexibility index (Phi) is 5.61. The molecule has 0 aliphatic heterocycles. The van der Waals surface area contributed by atoms with Crippen LogP contribution in [0, 0.1) is 0 Å². The molecular weight excluding hydrogens is 250 g/mol. The number of aromatic nitrogens is 2. The predicted octanol–water partition coefficient (Wildman–Crippen LogP) is 3.20. The maximum atomic E-state index is 6.33. The van der Waals surface area contributed by atoms with Crippen LogP contribution in [0.2, 0.25) is 0 Å². The third kappa shape index (κ3) is 3.41. The van der Waals surface area contributed by atoms with E-state index >= 15 is 0 Å². The molecular formula is C16H29N3O. The molecule has 0 saturated heterocycles. The highest BCUT2D eigenvalue weighted by Crippen LogP contribution is 2.40. The summed E-state index contributed by atoms with van der Waals surface area (Å²) in [6.07, 6.45) is 11.6. The zero-order chi connectivity index (χ0) is 14.4. The molecule has 1 aromatic rings. The normalized spacial score (nSPS) is 20.6. The second-order valence-electron chi connectivity index (χ2n) is 5.85. The van der Waals surface area contributed by atoms with E-state index in [4.69, 9.17) is 4.74 Å². The summed E-state index contributed by atoms with van der Waals surface area (Å²) in [5, 5.41) is 8.01. The molecule has 1 aliphatic rings. The molecule has 0 amide bonds. The van der Waals surface area contributed by atoms with Crippen molar-refractivity contribution in [3.05, 3.63) is 18.0 Å². The summed E-state index contributed by atoms with van der Waals surface area (Å²) in [5.74, 6) is 0. The Hall–Kier alpha value is -0.870. The Balaban J connectivity index is 2.30. The Morgan fingerprint density at radius 3 is 2.50 bits per heavy atom. The number of likely N-dealkylation sites (N-methyl/N-ethyl adjacent to an activating group) is 1. The lowest BCUT2D eigenvalue weighted by Crippen LogP contribution is -2.46. The Bertz CT molecular complexity index is 394. The minimum atomic E-state index is -0.0652. The molecule has 4 nitrogen and oxygen atoms in total. The highest BCUT2D eigenvalue weighted by molar-refractivity contribution is 5.16. The predicted molar refractivity (Wildman–Crippen MR) is 81.7 cm³/mol. The Labute approximate surface area is 122 Å². The number of aryl methyl sites for hydroxylation is 1. The van der Waals surface area contributed by atoms with Gasteiger partial charge in [-0.1, -0.05) is 32.6 Å². The summed E-state index contributed by atoms with van der Waals surface area (Å²) in [5.41, 5.74) is 1.19. The van der Waals surface area contributed by atoms with Crippen molar-refractivity contribution in [2.45, 2.75) is 64.0 Å². The topological polar surface area (TPSA) is 39.1 Å². The van der Waals surface area contributed by atoms with E-state index in [1.807, 2.05) is 17.9 Å². The average molecular weight is 279 g/mol. The average Bonchev–Trinajstić information content (AvgIpc) is 2.72. The first kappa shape index (κ1) is 15.5. The molecule has 0 radical (unpaired) electrons. The molecule has 0 spiro atoms. The van der Waals surface area contributed by atoms with Crippen LogP contribution in [-0.2, 0) is 11.8 Å². The van der Waals surface area contributed by atoms with E-state index in [-0.39, 0.29) is 11.6 Å². The van der Waals surface area contributed by atoms with Crippen molar-refractivity contribution in [3.63, 3.8) is 0 Å². The molecule has 1 unspecified atom stereocenters. The molecule has 20 heavy (non-hydrogen) atoms. The Morgan fingerprint density at radius 2 is 2.00 bits per heavy atom. The smallest absolute Gasteiger partial charge is 0.0877 e. The van der Waals surface area contributed by atoms with Crippen molar-refractivity contribution in [2.24, 2.45) is 7.05 Å². The molecule has 0 aromatic carbocycles. The van der Waals surface area contributed by atoms with Crippen LogP contribution in [0.3, 0.4) is 0 Å². The van der Waals surface area contributed by atoms with E-state index in [0.29, 0.717) is 0 Å². The summed E-state index contributed by atoms with van der Waals surface area (Å²) >= 11 is 0. The van der Waals surface area contributed by atoms with Gasteiger partial charge in [0.15, 0.2) is 0 Å². The van der Waals surface area contributed by atoms with Gasteiger partial charge in [0.25, 0.3) is 0 Å². The number of nitrogens with one attached hydrogen (secondary N) is 1. The summed E-state index contributed by atoms with van der Waals surface area (Å²) in [6.45, 7) is 6.01. The minimum absolute atomic E-state index is 0.0652. The van der Waals surface area contributed by atoms with Crippen LogP contribution in [0.1, 0.15) is 64.0 Å². The van der Waals surface area contributed by atoms with Crippen molar-refractivity contribution < 1.29 is 4.74 Å². The largest absolute Gasteiger partial charge is 0.373 e. The van der Waals surface area contributed by atoms with Gasteiger partial charge < -0.3 is 10.1 Å². The molecule has 2 rings (SSSR count). The minimum Gasteiger partial charge on any atom is -0.373 e. The van der Waals surface area contributed by atoms with Crippen molar-refractivity contribution in [1.29, 1.82) is 0 Å². The van der Waals surface area contributed by atoms with Gasteiger partial charge in [0, 0.05) is 25.4 Å². The van der Waals surface area contributed by atoms with Crippen LogP contribution in [0.5, 0.6) is 0 Å². The van der Waals surface area contributed by atoms with Crippen molar-refractivity contribution in [3.8, 4) is 0 Å². The van der Waals surface area contributed by atoms with Gasteiger partial charge in [0.1, 0.15) is 0 Å². The van der Waals surface area contributed by atoms with Gasteiger partial charge in [0.05, 0.1) is 17.8 Å². The lowest BCUT2D eigenvalue weighted by molar-refractivity contribution is -0.0779. The van der Waals surface area contributed by atoms with Crippen LogP contribution in [0.25, 0.3) is 0 Å². The highest BCUT2D eigenvalue weighted by Gasteiger charge is 2.40. The second-order valence-corrected chi connectivity index (χ2v) is 5.85. The zero-order valence-electron chi connectivity index (χ0n) is 13.2. The van der Waals surface area contributed by atoms with Gasteiger partial charge in [-0.05, 0) is 26.3 Å². The number of hydrogen-bond donors (Lipinski definition) is 1. The third-order valence-electron chi connectivity index (χ3n) is 4.37. The standard InChI is InChI=1S/C16H29N3O/c1-4-17-15(14-12-18-19(3)13-14)16(20-5-2)10-8-6-7-9-11-16/h12-13,15,17H,4-11H2,1-3H3. The molecule has 4 heteroatoms. The van der Waals surface area contributed by atoms with Crippen LogP contribution in [-0.4, -0.2) is 28.5 Å². The molecule has 1 atom stereocenters. The van der Waals surface area contributed by atoms with Crippen LogP contribution in [0.15, 0.2) is 12.4 Å². The van der Waals surface area contributed by atoms with Crippen LogP contribution in [0.4, 0.5) is 0 Å². The van der Waals surface area contributed by atoms with Gasteiger partial charge in [0.2, 0.25) is 0 Å². The zero-order valence-corrected chi connectivity index (χ0v) is 13.2. The summed E-state index contributed by atoms with van der Waals surface area (Å²) in [4.78, 5) is 0. The van der Waals surface area contributed by atoms with E-state index in [1.165, 1.54) is 31.2 Å². The first-order valence-electron chi connectivity index (χ1n) is 8.07. The fourth-order valence-electron chi connectivity index (χ4n) is 3.53. The first-order chi connectivity index (χ1) is 9.72. The van der Waals surface area contributed by atoms with Gasteiger partial charge in [-0.3, -0.25) is 4.68 Å². The van der Waals surface area contributed by atoms with Gasteiger partial charge >= 0.3 is 0 Å². The van der Waals surface area contributed by atoms with Crippen LogP contribution < -0.4 is 5.32 Å². The second kappa shape index (κ2) is 7.23. The first-order valence-corrected chi connectivity index (χ1v) is 8.07. The summed E-state index contributed by atoms with van der Waals surface area (Å²) < 4.78 is 8.21. The van der Waals surface area contributed by atoms with Crippen molar-refractivity contribution >= 4 is 0 Å². The maximum Gasteiger partial charge on any atom is 0.0877 e. The van der Waals surface area contributed by atoms with E-state index in [2.05, 4.69) is 30.5 Å². The SMILES string of the molecule is CCNC(c1cnn(C)c1)C1(OCC)CCCCCC1. The number of rotatable bonds is 6. The van der Waals surface area contributed by atoms with Gasteiger partial charge in [-0.15, -0.1) is 0 Å². The fourth-order valence-corrected chi connectivity index (χ4v) is 3.53. The maximum absolute atomic E-state index is 6.33. The molecule has 1 heterocycles. The monoisotopic (exact) mass is 279 g/mol. The summed E-state index contributed by atoms with van der Waals surface area (Å²) in [7, 11) is 1.98. The van der Waals surface area contributed by atoms with E-state index < -0.39 is 0 Å². The Morgan fingerprint density at radius 1 is 1.30 bits per heavy atom. The molecule has 1 fully saturated rings.